The van der Waals surface area contributed by atoms with E-state index in [0.29, 0.717) is 12.6 Å². The molecule has 0 bridgehead atoms. The average molecular weight is 256 g/mol. The van der Waals surface area contributed by atoms with Gasteiger partial charge < -0.3 is 10.1 Å². The molecule has 0 aliphatic heterocycles. The summed E-state index contributed by atoms with van der Waals surface area (Å²) in [6, 6.07) is 4.93. The van der Waals surface area contributed by atoms with Crippen LogP contribution in [0.2, 0.25) is 0 Å². The maximum absolute atomic E-state index is 12.1. The van der Waals surface area contributed by atoms with Crippen LogP contribution in [0.25, 0.3) is 0 Å². The fourth-order valence-electron chi connectivity index (χ4n) is 1.41. The van der Waals surface area contributed by atoms with Gasteiger partial charge in [-0.1, -0.05) is 19.9 Å². The molecule has 0 saturated carbocycles. The molecule has 1 rings (SSSR count). The molecule has 1 aromatic carbocycles. The number of nitrogens with zero attached hydrogens (tertiary/aromatic N) is 1. The van der Waals surface area contributed by atoms with Gasteiger partial charge in [-0.15, -0.1) is 0 Å². The van der Waals surface area contributed by atoms with Crippen LogP contribution < -0.4 is 10.1 Å². The van der Waals surface area contributed by atoms with Gasteiger partial charge in [0.1, 0.15) is 13.3 Å². The van der Waals surface area contributed by atoms with E-state index in [-0.39, 0.29) is 18.0 Å². The lowest BCUT2D eigenvalue weighted by molar-refractivity contribution is -0.385. The van der Waals surface area contributed by atoms with Gasteiger partial charge in [0.2, 0.25) is 0 Å². The molecule has 1 aromatic rings. The van der Waals surface area contributed by atoms with E-state index in [4.69, 9.17) is 4.74 Å². The molecule has 6 heteroatoms. The summed E-state index contributed by atoms with van der Waals surface area (Å²) in [6.07, 6.45) is 0. The maximum atomic E-state index is 12.1. The lowest BCUT2D eigenvalue weighted by Crippen LogP contribution is -2.21. The van der Waals surface area contributed by atoms with E-state index in [9.17, 15) is 14.5 Å². The van der Waals surface area contributed by atoms with E-state index < -0.39 is 11.6 Å². The summed E-state index contributed by atoms with van der Waals surface area (Å²) in [5, 5.41) is 14.0. The summed E-state index contributed by atoms with van der Waals surface area (Å²) in [5.74, 6) is 0.112. The van der Waals surface area contributed by atoms with E-state index in [1.54, 1.807) is 12.1 Å². The second kappa shape index (κ2) is 6.90. The van der Waals surface area contributed by atoms with E-state index in [1.165, 1.54) is 6.07 Å². The molecule has 5 nitrogen and oxygen atoms in total. The SMILES string of the molecule is CC(C)NCc1ccc([N+](=O)[O-])c(OCCF)c1. The van der Waals surface area contributed by atoms with Crippen LogP contribution in [0.3, 0.4) is 0 Å². The molecule has 0 aliphatic carbocycles. The number of rotatable bonds is 7. The minimum Gasteiger partial charge on any atom is -0.484 e. The van der Waals surface area contributed by atoms with Gasteiger partial charge in [-0.2, -0.15) is 0 Å². The van der Waals surface area contributed by atoms with Crippen LogP contribution in [0.5, 0.6) is 5.75 Å². The van der Waals surface area contributed by atoms with E-state index in [1.807, 2.05) is 13.8 Å². The number of nitro benzene ring substituents is 1. The quantitative estimate of drug-likeness (QED) is 0.601. The smallest absolute Gasteiger partial charge is 0.310 e. The Morgan fingerprint density at radius 1 is 1.50 bits per heavy atom. The van der Waals surface area contributed by atoms with Crippen LogP contribution in [0, 0.1) is 10.1 Å². The Morgan fingerprint density at radius 2 is 2.22 bits per heavy atom. The highest BCUT2D eigenvalue weighted by molar-refractivity contribution is 5.48. The predicted octanol–water partition coefficient (Wildman–Crippen LogP) is 2.44. The van der Waals surface area contributed by atoms with Crippen LogP contribution in [0.15, 0.2) is 18.2 Å². The zero-order chi connectivity index (χ0) is 13.5. The molecule has 0 unspecified atom stereocenters. The lowest BCUT2D eigenvalue weighted by atomic mass is 10.2. The molecule has 0 radical (unpaired) electrons. The molecule has 100 valence electrons. The molecular weight excluding hydrogens is 239 g/mol. The Morgan fingerprint density at radius 3 is 2.78 bits per heavy atom. The van der Waals surface area contributed by atoms with Gasteiger partial charge in [0.15, 0.2) is 5.75 Å². The molecule has 0 amide bonds. The van der Waals surface area contributed by atoms with Crippen LogP contribution in [0.4, 0.5) is 10.1 Å². The molecule has 0 aliphatic rings. The number of nitrogens with one attached hydrogen (secondary N) is 1. The fraction of sp³-hybridized carbons (Fsp3) is 0.500. The number of ether oxygens (including phenoxy) is 1. The third kappa shape index (κ3) is 4.29. The molecule has 0 aromatic heterocycles. The first-order valence-electron chi connectivity index (χ1n) is 5.74. The number of alkyl halides is 1. The molecule has 0 saturated heterocycles. The van der Waals surface area contributed by atoms with Gasteiger partial charge in [-0.05, 0) is 11.6 Å². The normalized spacial score (nSPS) is 10.7. The largest absolute Gasteiger partial charge is 0.484 e. The molecule has 0 atom stereocenters. The first kappa shape index (κ1) is 14.4. The molecule has 0 heterocycles. The van der Waals surface area contributed by atoms with E-state index in [0.717, 1.165) is 5.56 Å². The predicted molar refractivity (Wildman–Crippen MR) is 66.5 cm³/mol. The Labute approximate surface area is 105 Å². The molecule has 1 N–H and O–H groups in total. The lowest BCUT2D eigenvalue weighted by Gasteiger charge is -2.10. The number of halogens is 1. The number of hydrogen-bond acceptors (Lipinski definition) is 4. The molecule has 0 fully saturated rings. The first-order valence-corrected chi connectivity index (χ1v) is 5.74. The monoisotopic (exact) mass is 256 g/mol. The summed E-state index contributed by atoms with van der Waals surface area (Å²) < 4.78 is 17.1. The van der Waals surface area contributed by atoms with Crippen LogP contribution >= 0.6 is 0 Å². The average Bonchev–Trinajstić information content (AvgIpc) is 2.33. The Bertz CT molecular complexity index is 410. The highest BCUT2D eigenvalue weighted by atomic mass is 19.1. The maximum Gasteiger partial charge on any atom is 0.310 e. The molecule has 18 heavy (non-hydrogen) atoms. The van der Waals surface area contributed by atoms with Crippen molar-refractivity contribution in [1.82, 2.24) is 5.32 Å². The Balaban J connectivity index is 2.86. The highest BCUT2D eigenvalue weighted by Crippen LogP contribution is 2.28. The Hall–Kier alpha value is -1.69. The van der Waals surface area contributed by atoms with Gasteiger partial charge in [-0.25, -0.2) is 4.39 Å². The summed E-state index contributed by atoms with van der Waals surface area (Å²) in [6.45, 7) is 3.74. The Kier molecular flexibility index (Phi) is 5.51. The van der Waals surface area contributed by atoms with E-state index in [2.05, 4.69) is 5.32 Å². The van der Waals surface area contributed by atoms with Gasteiger partial charge in [0.05, 0.1) is 4.92 Å². The third-order valence-electron chi connectivity index (χ3n) is 2.27. The number of benzene rings is 1. The van der Waals surface area contributed by atoms with Crippen molar-refractivity contribution in [3.63, 3.8) is 0 Å². The minimum atomic E-state index is -0.675. The zero-order valence-corrected chi connectivity index (χ0v) is 10.5. The van der Waals surface area contributed by atoms with Crippen molar-refractivity contribution < 1.29 is 14.1 Å². The van der Waals surface area contributed by atoms with Crippen molar-refractivity contribution in [3.05, 3.63) is 33.9 Å². The second-order valence-corrected chi connectivity index (χ2v) is 4.13. The minimum absolute atomic E-state index is 0.112. The van der Waals surface area contributed by atoms with Crippen molar-refractivity contribution in [2.75, 3.05) is 13.3 Å². The van der Waals surface area contributed by atoms with Gasteiger partial charge in [-0.3, -0.25) is 10.1 Å². The molecular formula is C12H17FN2O3. The standard InChI is InChI=1S/C12H17FN2O3/c1-9(2)14-8-10-3-4-11(15(16)17)12(7-10)18-6-5-13/h3-4,7,9,14H,5-6,8H2,1-2H3. The topological polar surface area (TPSA) is 64.4 Å². The van der Waals surface area contributed by atoms with Crippen molar-refractivity contribution in [1.29, 1.82) is 0 Å². The van der Waals surface area contributed by atoms with E-state index >= 15 is 0 Å². The van der Waals surface area contributed by atoms with Gasteiger partial charge >= 0.3 is 5.69 Å². The van der Waals surface area contributed by atoms with Crippen LogP contribution in [-0.2, 0) is 6.54 Å². The first-order chi connectivity index (χ1) is 8.54. The highest BCUT2D eigenvalue weighted by Gasteiger charge is 2.15. The third-order valence-corrected chi connectivity index (χ3v) is 2.27. The summed E-state index contributed by atoms with van der Waals surface area (Å²) in [4.78, 5) is 10.2. The molecule has 0 spiro atoms. The summed E-state index contributed by atoms with van der Waals surface area (Å²) in [7, 11) is 0. The van der Waals surface area contributed by atoms with Crippen LogP contribution in [0.1, 0.15) is 19.4 Å². The zero-order valence-electron chi connectivity index (χ0n) is 10.5. The van der Waals surface area contributed by atoms with Crippen molar-refractivity contribution in [2.45, 2.75) is 26.4 Å². The number of nitro groups is 1. The van der Waals surface area contributed by atoms with Crippen LogP contribution in [-0.4, -0.2) is 24.2 Å². The van der Waals surface area contributed by atoms with Crippen molar-refractivity contribution in [2.24, 2.45) is 0 Å². The van der Waals surface area contributed by atoms with Crippen molar-refractivity contribution in [3.8, 4) is 5.75 Å². The van der Waals surface area contributed by atoms with Gasteiger partial charge in [0.25, 0.3) is 0 Å². The second-order valence-electron chi connectivity index (χ2n) is 4.13. The van der Waals surface area contributed by atoms with Gasteiger partial charge in [0, 0.05) is 18.7 Å². The van der Waals surface area contributed by atoms with Crippen molar-refractivity contribution >= 4 is 5.69 Å². The summed E-state index contributed by atoms with van der Waals surface area (Å²) in [5.41, 5.74) is 0.722. The number of hydrogen-bond donors (Lipinski definition) is 1. The fourth-order valence-corrected chi connectivity index (χ4v) is 1.41. The summed E-state index contributed by atoms with van der Waals surface area (Å²) >= 11 is 0.